The van der Waals surface area contributed by atoms with Crippen molar-refractivity contribution in [1.82, 2.24) is 9.88 Å². The first kappa shape index (κ1) is 18.1. The number of hydrogen-bond acceptors (Lipinski definition) is 5. The first-order valence-electron chi connectivity index (χ1n) is 7.54. The minimum absolute atomic E-state index is 0.0995. The molecule has 0 saturated carbocycles. The number of thiazole rings is 1. The number of carbonyl (C=O) groups excluding carboxylic acids is 1. The zero-order valence-electron chi connectivity index (χ0n) is 13.5. The van der Waals surface area contributed by atoms with Crippen LogP contribution in [0, 0.1) is 0 Å². The largest absolute Gasteiger partial charge is 0.480 e. The summed E-state index contributed by atoms with van der Waals surface area (Å²) in [5, 5.41) is 11.7. The van der Waals surface area contributed by atoms with E-state index in [0.717, 1.165) is 17.0 Å². The van der Waals surface area contributed by atoms with E-state index >= 15 is 0 Å². The van der Waals surface area contributed by atoms with Crippen molar-refractivity contribution in [3.63, 3.8) is 0 Å². The topological polar surface area (TPSA) is 79.7 Å². The van der Waals surface area contributed by atoms with E-state index in [1.165, 1.54) is 23.3 Å². The van der Waals surface area contributed by atoms with Gasteiger partial charge < -0.3 is 14.7 Å². The van der Waals surface area contributed by atoms with Crippen LogP contribution in [0.1, 0.15) is 16.3 Å². The molecule has 0 aliphatic rings. The lowest BCUT2D eigenvalue weighted by molar-refractivity contribution is -0.144. The lowest BCUT2D eigenvalue weighted by Crippen LogP contribution is -2.38. The number of aromatic nitrogens is 1. The second kappa shape index (κ2) is 9.14. The summed E-state index contributed by atoms with van der Waals surface area (Å²) >= 11 is 1.51. The van der Waals surface area contributed by atoms with Gasteiger partial charge in [-0.05, 0) is 5.56 Å². The molecule has 0 fully saturated rings. The molecule has 24 heavy (non-hydrogen) atoms. The van der Waals surface area contributed by atoms with E-state index in [-0.39, 0.29) is 25.4 Å². The molecule has 0 aliphatic carbocycles. The first-order chi connectivity index (χ1) is 11.6. The number of nitrogens with zero attached hydrogens (tertiary/aromatic N) is 2. The molecular formula is C17H20N2O4S. The van der Waals surface area contributed by atoms with Crippen molar-refractivity contribution in [3.05, 3.63) is 52.0 Å². The van der Waals surface area contributed by atoms with Crippen LogP contribution in [0.15, 0.2) is 35.7 Å². The summed E-state index contributed by atoms with van der Waals surface area (Å²) in [4.78, 5) is 28.9. The first-order valence-corrected chi connectivity index (χ1v) is 8.42. The van der Waals surface area contributed by atoms with Crippen molar-refractivity contribution < 1.29 is 19.4 Å². The van der Waals surface area contributed by atoms with Gasteiger partial charge in [-0.2, -0.15) is 0 Å². The maximum atomic E-state index is 12.3. The van der Waals surface area contributed by atoms with Gasteiger partial charge in [-0.1, -0.05) is 30.3 Å². The fourth-order valence-electron chi connectivity index (χ4n) is 2.21. The van der Waals surface area contributed by atoms with Crippen LogP contribution in [0.25, 0.3) is 0 Å². The molecule has 1 aromatic heterocycles. The molecule has 0 radical (unpaired) electrons. The number of carboxylic acids is 1. The molecule has 0 spiro atoms. The molecule has 1 aromatic carbocycles. The number of carboxylic acid groups (broad SMARTS) is 1. The summed E-state index contributed by atoms with van der Waals surface area (Å²) in [5.74, 6) is -1.30. The van der Waals surface area contributed by atoms with E-state index in [2.05, 4.69) is 4.98 Å². The van der Waals surface area contributed by atoms with Gasteiger partial charge in [0, 0.05) is 25.5 Å². The van der Waals surface area contributed by atoms with Crippen LogP contribution in [0.2, 0.25) is 0 Å². The number of carbonyl (C=O) groups is 2. The number of ether oxygens (including phenoxy) is 1. The number of rotatable bonds is 9. The molecule has 1 amide bonds. The Morgan fingerprint density at radius 1 is 1.29 bits per heavy atom. The summed E-state index contributed by atoms with van der Waals surface area (Å²) in [5.41, 5.74) is 1.83. The molecule has 0 atom stereocenters. The zero-order valence-corrected chi connectivity index (χ0v) is 14.3. The third-order valence-corrected chi connectivity index (χ3v) is 4.27. The van der Waals surface area contributed by atoms with Crippen molar-refractivity contribution in [2.45, 2.75) is 12.8 Å². The van der Waals surface area contributed by atoms with Crippen LogP contribution in [-0.2, 0) is 27.2 Å². The lowest BCUT2D eigenvalue weighted by atomic mass is 10.2. The number of methoxy groups -OCH3 is 1. The van der Waals surface area contributed by atoms with Gasteiger partial charge in [-0.15, -0.1) is 11.3 Å². The monoisotopic (exact) mass is 348 g/mol. The van der Waals surface area contributed by atoms with E-state index < -0.39 is 5.97 Å². The molecule has 6 nitrogen and oxygen atoms in total. The van der Waals surface area contributed by atoms with Crippen LogP contribution in [-0.4, -0.2) is 53.7 Å². The average molecular weight is 348 g/mol. The van der Waals surface area contributed by atoms with E-state index in [1.54, 1.807) is 0 Å². The summed E-state index contributed by atoms with van der Waals surface area (Å²) in [6, 6.07) is 9.99. The van der Waals surface area contributed by atoms with Crippen molar-refractivity contribution >= 4 is 23.2 Å². The Balaban J connectivity index is 1.96. The molecule has 1 heterocycles. The van der Waals surface area contributed by atoms with Gasteiger partial charge in [-0.25, -0.2) is 4.98 Å². The quantitative estimate of drug-likeness (QED) is 0.748. The maximum absolute atomic E-state index is 12.3. The summed E-state index contributed by atoms with van der Waals surface area (Å²) in [6.45, 7) is 0.223. The Bertz CT molecular complexity index is 672. The van der Waals surface area contributed by atoms with E-state index in [1.807, 2.05) is 35.7 Å². The van der Waals surface area contributed by atoms with Crippen molar-refractivity contribution in [2.24, 2.45) is 0 Å². The number of aliphatic carboxylic acids is 1. The normalized spacial score (nSPS) is 10.5. The molecular weight excluding hydrogens is 328 g/mol. The minimum atomic E-state index is -1.04. The standard InChI is InChI=1S/C17H20N2O4S/c1-23-8-7-19(11-17(21)22)16(20)10-14-12-24-15(18-14)9-13-5-3-2-4-6-13/h2-6,12H,7-11H2,1H3,(H,21,22). The third-order valence-electron chi connectivity index (χ3n) is 3.37. The fourth-order valence-corrected chi connectivity index (χ4v) is 3.03. The summed E-state index contributed by atoms with van der Waals surface area (Å²) < 4.78 is 4.92. The van der Waals surface area contributed by atoms with Gasteiger partial charge in [-0.3, -0.25) is 9.59 Å². The van der Waals surface area contributed by atoms with Gasteiger partial charge in [0.2, 0.25) is 5.91 Å². The molecule has 0 aliphatic heterocycles. The van der Waals surface area contributed by atoms with Gasteiger partial charge in [0.15, 0.2) is 0 Å². The van der Waals surface area contributed by atoms with Crippen LogP contribution >= 0.6 is 11.3 Å². The third kappa shape index (κ3) is 5.75. The van der Waals surface area contributed by atoms with Gasteiger partial charge >= 0.3 is 5.97 Å². The predicted molar refractivity (Wildman–Crippen MR) is 91.2 cm³/mol. The molecule has 0 saturated heterocycles. The second-order valence-corrected chi connectivity index (χ2v) is 6.22. The average Bonchev–Trinajstić information content (AvgIpc) is 2.99. The van der Waals surface area contributed by atoms with Crippen LogP contribution in [0.4, 0.5) is 0 Å². The van der Waals surface area contributed by atoms with Crippen molar-refractivity contribution in [1.29, 1.82) is 0 Å². The smallest absolute Gasteiger partial charge is 0.323 e. The zero-order chi connectivity index (χ0) is 17.4. The van der Waals surface area contributed by atoms with Gasteiger partial charge in [0.25, 0.3) is 0 Å². The van der Waals surface area contributed by atoms with E-state index in [4.69, 9.17) is 9.84 Å². The summed E-state index contributed by atoms with van der Waals surface area (Å²) in [7, 11) is 1.51. The number of hydrogen-bond donors (Lipinski definition) is 1. The molecule has 2 aromatic rings. The second-order valence-electron chi connectivity index (χ2n) is 5.27. The Kier molecular flexibility index (Phi) is 6.89. The van der Waals surface area contributed by atoms with Gasteiger partial charge in [0.05, 0.1) is 23.7 Å². The molecule has 128 valence electrons. The summed E-state index contributed by atoms with van der Waals surface area (Å²) in [6.07, 6.45) is 0.824. The SMILES string of the molecule is COCCN(CC(=O)O)C(=O)Cc1csc(Cc2ccccc2)n1. The fraction of sp³-hybridized carbons (Fsp3) is 0.353. The molecule has 0 bridgehead atoms. The lowest BCUT2D eigenvalue weighted by Gasteiger charge is -2.19. The Hall–Kier alpha value is -2.25. The molecule has 2 rings (SSSR count). The highest BCUT2D eigenvalue weighted by Gasteiger charge is 2.18. The Morgan fingerprint density at radius 2 is 2.04 bits per heavy atom. The highest BCUT2D eigenvalue weighted by atomic mass is 32.1. The van der Waals surface area contributed by atoms with Crippen LogP contribution < -0.4 is 0 Å². The van der Waals surface area contributed by atoms with Crippen LogP contribution in [0.5, 0.6) is 0 Å². The van der Waals surface area contributed by atoms with E-state index in [0.29, 0.717) is 12.3 Å². The molecule has 0 unspecified atom stereocenters. The Labute approximate surface area is 144 Å². The Morgan fingerprint density at radius 3 is 2.71 bits per heavy atom. The van der Waals surface area contributed by atoms with Crippen molar-refractivity contribution in [3.8, 4) is 0 Å². The van der Waals surface area contributed by atoms with Crippen LogP contribution in [0.3, 0.4) is 0 Å². The van der Waals surface area contributed by atoms with E-state index in [9.17, 15) is 9.59 Å². The molecule has 1 N–H and O–H groups in total. The molecule has 7 heteroatoms. The highest BCUT2D eigenvalue weighted by molar-refractivity contribution is 7.09. The predicted octanol–water partition coefficient (Wildman–Crippen LogP) is 1.84. The number of amides is 1. The highest BCUT2D eigenvalue weighted by Crippen LogP contribution is 2.15. The van der Waals surface area contributed by atoms with Crippen molar-refractivity contribution in [2.75, 3.05) is 26.8 Å². The number of benzene rings is 1. The minimum Gasteiger partial charge on any atom is -0.480 e. The van der Waals surface area contributed by atoms with Gasteiger partial charge in [0.1, 0.15) is 6.54 Å². The maximum Gasteiger partial charge on any atom is 0.323 e.